The molecule has 0 unspecified atom stereocenters. The van der Waals surface area contributed by atoms with Crippen LogP contribution in [0.2, 0.25) is 22.2 Å². The van der Waals surface area contributed by atoms with Crippen LogP contribution < -0.4 is 0 Å². The first-order valence-electron chi connectivity index (χ1n) is 26.8. The summed E-state index contributed by atoms with van der Waals surface area (Å²) >= 11 is 0. The Labute approximate surface area is 430 Å². The molecule has 0 aromatic heterocycles. The highest BCUT2D eigenvalue weighted by atomic mass is 28.5. The summed E-state index contributed by atoms with van der Waals surface area (Å²) in [7, 11) is -6.27. The average Bonchev–Trinajstić information content (AvgIpc) is 3.64. The van der Waals surface area contributed by atoms with E-state index in [1.165, 1.54) is 0 Å². The van der Waals surface area contributed by atoms with Crippen molar-refractivity contribution in [2.45, 2.75) is 209 Å². The van der Waals surface area contributed by atoms with Gasteiger partial charge in [-0.15, -0.1) is 0 Å². The van der Waals surface area contributed by atoms with Gasteiger partial charge in [-0.2, -0.15) is 0 Å². The monoisotopic (exact) mass is 1020 g/mol. The molecule has 3 aliphatic heterocycles. The molecule has 14 heteroatoms. The molecule has 11 atom stereocenters. The summed E-state index contributed by atoms with van der Waals surface area (Å²) in [6.45, 7) is 18.9. The van der Waals surface area contributed by atoms with Crippen LogP contribution in [-0.2, 0) is 77.3 Å². The van der Waals surface area contributed by atoms with Crippen LogP contribution in [0.25, 0.3) is 0 Å². The predicted molar refractivity (Wildman–Crippen MR) is 279 cm³/mol. The Morgan fingerprint density at radius 2 is 0.931 bits per heavy atom. The Bertz CT molecular complexity index is 2230. The van der Waals surface area contributed by atoms with E-state index in [9.17, 15) is 5.11 Å². The molecule has 3 saturated heterocycles. The Hall–Kier alpha value is -3.17. The van der Waals surface area contributed by atoms with Gasteiger partial charge in [0.1, 0.15) is 61.0 Å². The zero-order valence-electron chi connectivity index (χ0n) is 43.7. The Morgan fingerprint density at radius 3 is 1.42 bits per heavy atom. The Balaban J connectivity index is 1.13. The quantitative estimate of drug-likeness (QED) is 0.0900. The predicted octanol–water partition coefficient (Wildman–Crippen LogP) is 11.2. The average molecular weight is 1030 g/mol. The first-order valence-corrected chi connectivity index (χ1v) is 30.7. The number of fused-ring (bicyclic) bond motifs is 3. The van der Waals surface area contributed by atoms with Gasteiger partial charge in [0.05, 0.1) is 33.0 Å². The third-order valence-electron chi connectivity index (χ3n) is 15.6. The summed E-state index contributed by atoms with van der Waals surface area (Å²) in [6, 6.07) is 40.4. The minimum Gasteiger partial charge on any atom is -0.414 e. The van der Waals surface area contributed by atoms with E-state index in [1.54, 1.807) is 0 Å². The number of rotatable bonds is 19. The van der Waals surface area contributed by atoms with Gasteiger partial charge >= 0.3 is 17.1 Å². The van der Waals surface area contributed by atoms with Crippen LogP contribution >= 0.6 is 0 Å². The van der Waals surface area contributed by atoms with Crippen LogP contribution in [-0.4, -0.2) is 102 Å². The van der Waals surface area contributed by atoms with E-state index in [0.29, 0.717) is 13.2 Å². The van der Waals surface area contributed by atoms with Gasteiger partial charge in [-0.1, -0.05) is 183 Å². The van der Waals surface area contributed by atoms with Gasteiger partial charge in [0.15, 0.2) is 12.1 Å². The molecule has 0 amide bonds. The molecular weight excluding hydrogens is 945 g/mol. The van der Waals surface area contributed by atoms with Gasteiger partial charge in [0, 0.05) is 12.8 Å². The molecule has 0 bridgehead atoms. The fourth-order valence-corrected chi connectivity index (χ4v) is 23.1. The summed E-state index contributed by atoms with van der Waals surface area (Å²) in [5.74, 6) is -0.868. The maximum atomic E-state index is 13.3. The third kappa shape index (κ3) is 11.6. The van der Waals surface area contributed by atoms with Crippen molar-refractivity contribution in [2.24, 2.45) is 0 Å². The van der Waals surface area contributed by atoms with Gasteiger partial charge in [0.25, 0.3) is 0 Å². The summed E-state index contributed by atoms with van der Waals surface area (Å²) in [5, 5.41) is 13.3. The second-order valence-corrected chi connectivity index (χ2v) is 30.7. The van der Waals surface area contributed by atoms with Gasteiger partial charge in [0.2, 0.25) is 0 Å². The largest absolute Gasteiger partial charge is 0.414 e. The maximum Gasteiger partial charge on any atom is 0.335 e. The van der Waals surface area contributed by atoms with Crippen molar-refractivity contribution in [3.05, 3.63) is 144 Å². The SMILES string of the molecule is CC(C)[Si]1(C(C)C)O[C@H]2[C@H]3OC4(CCCCC4)O[C@H]3[C@H](O[C@H]3O[C@H](COCc4ccccc4)[C@@H](OCc4ccccc4)[C@H](OCc4ccccc4)[C@@H]3OCc3ccccc3)[C@@H](O)[C@@H]2O[Si](C(C)C)(C(C)C)O1. The molecular formula is C58H80O12Si2. The highest BCUT2D eigenvalue weighted by Gasteiger charge is 2.69. The molecule has 4 aromatic carbocycles. The Kier molecular flexibility index (Phi) is 17.7. The van der Waals surface area contributed by atoms with Gasteiger partial charge in [-0.25, -0.2) is 0 Å². The van der Waals surface area contributed by atoms with Crippen LogP contribution in [0.3, 0.4) is 0 Å². The molecule has 1 spiro atoms. The van der Waals surface area contributed by atoms with Gasteiger partial charge in [-0.05, 0) is 57.3 Å². The number of hydrogen-bond donors (Lipinski definition) is 1. The lowest BCUT2D eigenvalue weighted by Gasteiger charge is -2.50. The number of hydrogen-bond acceptors (Lipinski definition) is 12. The van der Waals surface area contributed by atoms with Crippen molar-refractivity contribution in [3.63, 3.8) is 0 Å². The molecule has 5 fully saturated rings. The van der Waals surface area contributed by atoms with Crippen LogP contribution in [0, 0.1) is 0 Å². The zero-order chi connectivity index (χ0) is 50.5. The maximum absolute atomic E-state index is 13.3. The Morgan fingerprint density at radius 1 is 0.500 bits per heavy atom. The fraction of sp³-hybridized carbons (Fsp3) is 0.586. The van der Waals surface area contributed by atoms with Crippen molar-refractivity contribution in [1.29, 1.82) is 0 Å². The van der Waals surface area contributed by atoms with Crippen molar-refractivity contribution in [3.8, 4) is 0 Å². The third-order valence-corrected chi connectivity index (χ3v) is 25.9. The molecule has 72 heavy (non-hydrogen) atoms. The highest BCUT2D eigenvalue weighted by Crippen LogP contribution is 2.54. The summed E-state index contributed by atoms with van der Waals surface area (Å²) < 4.78 is 79.8. The van der Waals surface area contributed by atoms with Gasteiger partial charge < -0.3 is 56.0 Å². The molecule has 392 valence electrons. The number of ether oxygens (including phenoxy) is 8. The second-order valence-electron chi connectivity index (χ2n) is 21.9. The van der Waals surface area contributed by atoms with E-state index < -0.39 is 90.2 Å². The zero-order valence-corrected chi connectivity index (χ0v) is 45.7. The standard InChI is InChI=1S/C58H80O12Si2/c1-39(2)71(40(3)4)68-51-48(59)50(53-54(67-58(66-53)32-22-13-23-33-58)55(51)69-72(70-71,41(5)6)42(7)8)65-57-56(63-37-46-30-20-12-21-31-46)52(62-36-45-28-18-11-19-29-45)49(61-35-44-26-16-10-17-27-44)47(64-57)38-60-34-43-24-14-9-15-25-43/h9-12,14-21,24-31,39-42,47-57,59H,13,22-23,32-38H2,1-8H3/t47-,48-,49-,50-,51+,52+,53+,54+,55-,56+,57-/m1/s1. The first-order chi connectivity index (χ1) is 34.8. The summed E-state index contributed by atoms with van der Waals surface area (Å²) in [5.41, 5.74) is 4.26. The first kappa shape index (κ1) is 53.7. The van der Waals surface area contributed by atoms with E-state index in [-0.39, 0.29) is 42.0 Å². The number of aliphatic hydroxyl groups is 1. The van der Waals surface area contributed by atoms with Gasteiger partial charge in [-0.3, -0.25) is 0 Å². The van der Waals surface area contributed by atoms with Crippen molar-refractivity contribution in [1.82, 2.24) is 0 Å². The summed E-state index contributed by atoms with van der Waals surface area (Å²) in [4.78, 5) is 0. The fourth-order valence-electron chi connectivity index (χ4n) is 11.8. The lowest BCUT2D eigenvalue weighted by molar-refractivity contribution is -0.352. The van der Waals surface area contributed by atoms with E-state index in [2.05, 4.69) is 55.4 Å². The highest BCUT2D eigenvalue weighted by molar-refractivity contribution is 6.84. The van der Waals surface area contributed by atoms with Crippen LogP contribution in [0.15, 0.2) is 121 Å². The lowest BCUT2D eigenvalue weighted by Crippen LogP contribution is -2.69. The molecule has 9 rings (SSSR count). The number of benzene rings is 4. The van der Waals surface area contributed by atoms with Crippen molar-refractivity contribution in [2.75, 3.05) is 6.61 Å². The molecule has 5 aliphatic rings. The van der Waals surface area contributed by atoms with E-state index in [0.717, 1.165) is 54.4 Å². The lowest BCUT2D eigenvalue weighted by atomic mass is 9.84. The van der Waals surface area contributed by atoms with Crippen molar-refractivity contribution >= 4 is 17.1 Å². The topological polar surface area (TPSA) is 122 Å². The number of aliphatic hydroxyl groups excluding tert-OH is 1. The molecule has 1 N–H and O–H groups in total. The molecule has 2 saturated carbocycles. The van der Waals surface area contributed by atoms with Crippen LogP contribution in [0.4, 0.5) is 0 Å². The molecule has 2 aliphatic carbocycles. The molecule has 4 aromatic rings. The van der Waals surface area contributed by atoms with Crippen LogP contribution in [0.1, 0.15) is 110 Å². The van der Waals surface area contributed by atoms with E-state index >= 15 is 0 Å². The minimum atomic E-state index is -3.17. The van der Waals surface area contributed by atoms with E-state index in [1.807, 2.05) is 121 Å². The normalized spacial score (nSPS) is 30.9. The smallest absolute Gasteiger partial charge is 0.335 e. The molecule has 12 nitrogen and oxygen atoms in total. The summed E-state index contributed by atoms with van der Waals surface area (Å²) in [6.07, 6.45) is -4.79. The second kappa shape index (κ2) is 23.8. The van der Waals surface area contributed by atoms with E-state index in [4.69, 9.17) is 50.9 Å². The van der Waals surface area contributed by atoms with Crippen LogP contribution in [0.5, 0.6) is 0 Å². The minimum absolute atomic E-state index is 0.0448. The molecule has 0 radical (unpaired) electrons. The van der Waals surface area contributed by atoms with Crippen molar-refractivity contribution < 1.29 is 56.0 Å². The molecule has 3 heterocycles.